The summed E-state index contributed by atoms with van der Waals surface area (Å²) in [6.07, 6.45) is 2.13. The van der Waals surface area contributed by atoms with Gasteiger partial charge in [0.2, 0.25) is 0 Å². The van der Waals surface area contributed by atoms with Crippen molar-refractivity contribution in [3.63, 3.8) is 0 Å². The molecule has 1 aromatic carbocycles. The number of rotatable bonds is 5. The number of nitrogens with zero attached hydrogens (tertiary/aromatic N) is 3. The second-order valence-corrected chi connectivity index (χ2v) is 6.43. The fraction of sp³-hybridized carbons (Fsp3) is 0.444. The first-order chi connectivity index (χ1) is 12.3. The van der Waals surface area contributed by atoms with Crippen LogP contribution in [0.15, 0.2) is 24.3 Å². The Bertz CT molecular complexity index is 886. The van der Waals surface area contributed by atoms with E-state index in [1.807, 2.05) is 18.2 Å². The summed E-state index contributed by atoms with van der Waals surface area (Å²) in [6, 6.07) is 8.08. The predicted molar refractivity (Wildman–Crippen MR) is 96.8 cm³/mol. The quantitative estimate of drug-likeness (QED) is 0.692. The molecule has 4 rings (SSSR count). The lowest BCUT2D eigenvalue weighted by Gasteiger charge is -2.23. The van der Waals surface area contributed by atoms with Gasteiger partial charge in [-0.05, 0) is 24.8 Å². The number of hydrogen-bond acceptors (Lipinski definition) is 6. The van der Waals surface area contributed by atoms with Crippen molar-refractivity contribution in [2.45, 2.75) is 25.9 Å². The monoisotopic (exact) mass is 341 g/mol. The number of nitrogens with one attached hydrogen (secondary N) is 1. The maximum Gasteiger partial charge on any atom is 0.152 e. The number of hydrogen-bond donors (Lipinski definition) is 2. The number of fused-ring (bicyclic) bond motifs is 3. The molecule has 3 aromatic rings. The molecule has 0 radical (unpaired) electrons. The summed E-state index contributed by atoms with van der Waals surface area (Å²) < 4.78 is 7.78. The van der Waals surface area contributed by atoms with Crippen LogP contribution in [0.25, 0.3) is 21.9 Å². The second-order valence-electron chi connectivity index (χ2n) is 6.43. The number of imidazole rings is 1. The van der Waals surface area contributed by atoms with Crippen LogP contribution in [0, 0.1) is 5.92 Å². The number of nitrogens with two attached hydrogens (primary N) is 1. The fourth-order valence-corrected chi connectivity index (χ4v) is 3.56. The highest BCUT2D eigenvalue weighted by Crippen LogP contribution is 2.30. The van der Waals surface area contributed by atoms with E-state index in [0.29, 0.717) is 18.3 Å². The zero-order valence-electron chi connectivity index (χ0n) is 14.4. The Morgan fingerprint density at radius 3 is 2.88 bits per heavy atom. The molecule has 132 valence electrons. The van der Waals surface area contributed by atoms with Crippen molar-refractivity contribution in [1.29, 1.82) is 0 Å². The third-order valence-corrected chi connectivity index (χ3v) is 4.85. The molecular weight excluding hydrogens is 318 g/mol. The normalized spacial score (nSPS) is 16.0. The number of ether oxygens (including phenoxy) is 1. The van der Waals surface area contributed by atoms with Crippen LogP contribution < -0.4 is 11.2 Å². The summed E-state index contributed by atoms with van der Waals surface area (Å²) in [7, 11) is 1.61. The van der Waals surface area contributed by atoms with Crippen molar-refractivity contribution in [3.8, 4) is 0 Å². The van der Waals surface area contributed by atoms with Gasteiger partial charge >= 0.3 is 0 Å². The van der Waals surface area contributed by atoms with Crippen molar-refractivity contribution < 1.29 is 9.57 Å². The molecule has 1 aliphatic heterocycles. The van der Waals surface area contributed by atoms with Gasteiger partial charge in [-0.25, -0.2) is 9.97 Å². The molecule has 1 saturated heterocycles. The second kappa shape index (κ2) is 6.95. The molecule has 0 saturated carbocycles. The molecule has 0 atom stereocenters. The molecule has 0 amide bonds. The van der Waals surface area contributed by atoms with Gasteiger partial charge in [0.1, 0.15) is 11.3 Å². The fourth-order valence-electron chi connectivity index (χ4n) is 3.56. The van der Waals surface area contributed by atoms with Crippen molar-refractivity contribution in [2.24, 2.45) is 5.92 Å². The van der Waals surface area contributed by atoms with Crippen molar-refractivity contribution in [2.75, 3.05) is 26.1 Å². The van der Waals surface area contributed by atoms with Gasteiger partial charge in [0.15, 0.2) is 5.82 Å². The number of anilines is 1. The highest BCUT2D eigenvalue weighted by atomic mass is 16.6. The first-order valence-electron chi connectivity index (χ1n) is 8.65. The summed E-state index contributed by atoms with van der Waals surface area (Å²) in [5, 5.41) is 1.08. The SMILES string of the molecule is CONCc1nc2c(N)nc3ccccc3c2n1CC1CCOCC1. The van der Waals surface area contributed by atoms with Gasteiger partial charge < -0.3 is 19.9 Å². The van der Waals surface area contributed by atoms with E-state index in [-0.39, 0.29) is 0 Å². The van der Waals surface area contributed by atoms with E-state index in [4.69, 9.17) is 20.3 Å². The predicted octanol–water partition coefficient (Wildman–Crippen LogP) is 2.24. The van der Waals surface area contributed by atoms with E-state index in [9.17, 15) is 0 Å². The maximum absolute atomic E-state index is 6.21. The van der Waals surface area contributed by atoms with Crippen LogP contribution in [-0.4, -0.2) is 34.9 Å². The topological polar surface area (TPSA) is 87.2 Å². The molecule has 25 heavy (non-hydrogen) atoms. The molecule has 3 N–H and O–H groups in total. The van der Waals surface area contributed by atoms with Gasteiger partial charge in [0.05, 0.1) is 24.7 Å². The van der Waals surface area contributed by atoms with Crippen LogP contribution in [-0.2, 0) is 22.7 Å². The van der Waals surface area contributed by atoms with Gasteiger partial charge in [0.25, 0.3) is 0 Å². The Morgan fingerprint density at radius 1 is 1.28 bits per heavy atom. The lowest BCUT2D eigenvalue weighted by atomic mass is 10.00. The molecule has 1 fully saturated rings. The number of benzene rings is 1. The minimum atomic E-state index is 0.470. The molecule has 1 aliphatic rings. The summed E-state index contributed by atoms with van der Waals surface area (Å²) in [6.45, 7) is 3.07. The van der Waals surface area contributed by atoms with E-state index in [0.717, 1.165) is 60.4 Å². The maximum atomic E-state index is 6.21. The van der Waals surface area contributed by atoms with E-state index in [1.54, 1.807) is 7.11 Å². The Labute approximate surface area is 146 Å². The third kappa shape index (κ3) is 3.06. The van der Waals surface area contributed by atoms with Crippen LogP contribution in [0.3, 0.4) is 0 Å². The molecule has 0 bridgehead atoms. The van der Waals surface area contributed by atoms with Crippen molar-refractivity contribution >= 4 is 27.8 Å². The number of para-hydroxylation sites is 1. The molecule has 7 heteroatoms. The first kappa shape index (κ1) is 16.3. The molecule has 3 heterocycles. The van der Waals surface area contributed by atoms with Crippen LogP contribution in [0.5, 0.6) is 0 Å². The molecule has 0 aliphatic carbocycles. The smallest absolute Gasteiger partial charge is 0.152 e. The number of hydroxylamine groups is 1. The lowest BCUT2D eigenvalue weighted by Crippen LogP contribution is -2.23. The Kier molecular flexibility index (Phi) is 4.52. The third-order valence-electron chi connectivity index (χ3n) is 4.85. The lowest BCUT2D eigenvalue weighted by molar-refractivity contribution is 0.0602. The van der Waals surface area contributed by atoms with Gasteiger partial charge in [-0.3, -0.25) is 0 Å². The van der Waals surface area contributed by atoms with Gasteiger partial charge in [-0.15, -0.1) is 0 Å². The zero-order valence-corrected chi connectivity index (χ0v) is 14.4. The molecule has 0 spiro atoms. The van der Waals surface area contributed by atoms with Gasteiger partial charge in [-0.2, -0.15) is 5.48 Å². The Balaban J connectivity index is 1.88. The van der Waals surface area contributed by atoms with E-state index in [2.05, 4.69) is 21.1 Å². The largest absolute Gasteiger partial charge is 0.382 e. The summed E-state index contributed by atoms with van der Waals surface area (Å²) >= 11 is 0. The van der Waals surface area contributed by atoms with Gasteiger partial charge in [-0.1, -0.05) is 18.2 Å². The van der Waals surface area contributed by atoms with E-state index >= 15 is 0 Å². The number of pyridine rings is 1. The van der Waals surface area contributed by atoms with Crippen molar-refractivity contribution in [1.82, 2.24) is 20.0 Å². The summed E-state index contributed by atoms with van der Waals surface area (Å²) in [4.78, 5) is 14.3. The Hall–Kier alpha value is -2.22. The van der Waals surface area contributed by atoms with E-state index in [1.165, 1.54) is 0 Å². The molecule has 7 nitrogen and oxygen atoms in total. The molecule has 0 unspecified atom stereocenters. The molecule has 2 aromatic heterocycles. The minimum Gasteiger partial charge on any atom is -0.382 e. The van der Waals surface area contributed by atoms with Gasteiger partial charge in [0, 0.05) is 25.1 Å². The standard InChI is InChI=1S/C18H23N5O2/c1-24-20-10-15-22-16-17(23(15)11-12-6-8-25-9-7-12)13-4-2-3-5-14(13)21-18(16)19/h2-5,12,20H,6-11H2,1H3,(H2,19,21). The highest BCUT2D eigenvalue weighted by Gasteiger charge is 2.21. The molecular formula is C18H23N5O2. The summed E-state index contributed by atoms with van der Waals surface area (Å²) in [5.74, 6) is 1.95. The Morgan fingerprint density at radius 2 is 2.08 bits per heavy atom. The number of nitrogen functional groups attached to an aromatic ring is 1. The van der Waals surface area contributed by atoms with Crippen molar-refractivity contribution in [3.05, 3.63) is 30.1 Å². The van der Waals surface area contributed by atoms with Crippen LogP contribution in [0.4, 0.5) is 5.82 Å². The average Bonchev–Trinajstić information content (AvgIpc) is 3.00. The minimum absolute atomic E-state index is 0.470. The first-order valence-corrected chi connectivity index (χ1v) is 8.65. The number of aromatic nitrogens is 3. The van der Waals surface area contributed by atoms with Crippen LogP contribution in [0.1, 0.15) is 18.7 Å². The van der Waals surface area contributed by atoms with Crippen LogP contribution >= 0.6 is 0 Å². The summed E-state index contributed by atoms with van der Waals surface area (Å²) in [5.41, 5.74) is 11.8. The zero-order chi connectivity index (χ0) is 17.2. The van der Waals surface area contributed by atoms with E-state index < -0.39 is 0 Å². The van der Waals surface area contributed by atoms with Crippen LogP contribution in [0.2, 0.25) is 0 Å². The average molecular weight is 341 g/mol. The highest BCUT2D eigenvalue weighted by molar-refractivity contribution is 6.06.